The minimum absolute atomic E-state index is 0.0476. The van der Waals surface area contributed by atoms with E-state index in [0.29, 0.717) is 5.13 Å². The van der Waals surface area contributed by atoms with Crippen LogP contribution in [0.15, 0.2) is 43.1 Å². The van der Waals surface area contributed by atoms with Crippen molar-refractivity contribution in [1.82, 2.24) is 9.88 Å². The number of hydrogen-bond donors (Lipinski definition) is 2. The number of amides is 2. The second-order valence-electron chi connectivity index (χ2n) is 6.73. The molecule has 1 aromatic carbocycles. The summed E-state index contributed by atoms with van der Waals surface area (Å²) < 4.78 is 0. The van der Waals surface area contributed by atoms with Crippen LogP contribution in [0.5, 0.6) is 0 Å². The SMILES string of the molecule is C=CC(=O)Nc1ncc(CN2CCC(C(=O)Nc3ccc(C)cc3)CC2)s1. The third-order valence-corrected chi connectivity index (χ3v) is 5.52. The third kappa shape index (κ3) is 5.48. The molecule has 3 rings (SSSR count). The molecule has 1 aliphatic heterocycles. The van der Waals surface area contributed by atoms with Gasteiger partial charge in [-0.05, 0) is 51.1 Å². The van der Waals surface area contributed by atoms with Gasteiger partial charge in [-0.25, -0.2) is 4.98 Å². The lowest BCUT2D eigenvalue weighted by Crippen LogP contribution is -2.37. The van der Waals surface area contributed by atoms with Gasteiger partial charge >= 0.3 is 0 Å². The number of likely N-dealkylation sites (tertiary alicyclic amines) is 1. The summed E-state index contributed by atoms with van der Waals surface area (Å²) in [6, 6.07) is 7.88. The summed E-state index contributed by atoms with van der Waals surface area (Å²) in [7, 11) is 0. The molecule has 0 aliphatic carbocycles. The number of carbonyl (C=O) groups is 2. The lowest BCUT2D eigenvalue weighted by molar-refractivity contribution is -0.121. The van der Waals surface area contributed by atoms with E-state index < -0.39 is 0 Å². The van der Waals surface area contributed by atoms with E-state index in [1.54, 1.807) is 6.20 Å². The van der Waals surface area contributed by atoms with Crippen molar-refractivity contribution in [2.45, 2.75) is 26.3 Å². The Morgan fingerprint density at radius 3 is 2.63 bits per heavy atom. The summed E-state index contributed by atoms with van der Waals surface area (Å²) >= 11 is 1.47. The number of benzene rings is 1. The maximum atomic E-state index is 12.5. The molecular formula is C20H24N4O2S. The fourth-order valence-electron chi connectivity index (χ4n) is 3.05. The zero-order valence-corrected chi connectivity index (χ0v) is 16.2. The van der Waals surface area contributed by atoms with Crippen molar-refractivity contribution < 1.29 is 9.59 Å². The maximum Gasteiger partial charge on any atom is 0.249 e. The molecule has 27 heavy (non-hydrogen) atoms. The van der Waals surface area contributed by atoms with Crippen LogP contribution in [0.25, 0.3) is 0 Å². The molecule has 2 heterocycles. The summed E-state index contributed by atoms with van der Waals surface area (Å²) in [4.78, 5) is 31.4. The zero-order chi connectivity index (χ0) is 19.2. The molecule has 0 spiro atoms. The van der Waals surface area contributed by atoms with Gasteiger partial charge in [-0.1, -0.05) is 24.3 Å². The average molecular weight is 385 g/mol. The number of aromatic nitrogens is 1. The van der Waals surface area contributed by atoms with E-state index in [-0.39, 0.29) is 17.7 Å². The molecule has 0 atom stereocenters. The molecule has 0 bridgehead atoms. The number of thiazole rings is 1. The van der Waals surface area contributed by atoms with E-state index in [2.05, 4.69) is 27.1 Å². The molecule has 2 N–H and O–H groups in total. The van der Waals surface area contributed by atoms with Crippen LogP contribution in [0, 0.1) is 12.8 Å². The standard InChI is InChI=1S/C20H24N4O2S/c1-3-18(25)23-20-21-12-17(27-20)13-24-10-8-15(9-11-24)19(26)22-16-6-4-14(2)5-7-16/h3-7,12,15H,1,8-11,13H2,2H3,(H,22,26)(H,21,23,25). The van der Waals surface area contributed by atoms with Crippen LogP contribution in [-0.2, 0) is 16.1 Å². The molecule has 1 aromatic heterocycles. The van der Waals surface area contributed by atoms with E-state index >= 15 is 0 Å². The van der Waals surface area contributed by atoms with Crippen LogP contribution in [-0.4, -0.2) is 34.8 Å². The molecule has 2 amide bonds. The van der Waals surface area contributed by atoms with E-state index in [1.807, 2.05) is 31.2 Å². The van der Waals surface area contributed by atoms with E-state index in [9.17, 15) is 9.59 Å². The predicted molar refractivity (Wildman–Crippen MR) is 109 cm³/mol. The van der Waals surface area contributed by atoms with Crippen LogP contribution in [0.2, 0.25) is 0 Å². The fourth-order valence-corrected chi connectivity index (χ4v) is 3.91. The van der Waals surface area contributed by atoms with Crippen molar-refractivity contribution in [2.24, 2.45) is 5.92 Å². The van der Waals surface area contributed by atoms with Crippen LogP contribution in [0.3, 0.4) is 0 Å². The minimum atomic E-state index is -0.253. The van der Waals surface area contributed by atoms with Gasteiger partial charge in [0.2, 0.25) is 11.8 Å². The zero-order valence-electron chi connectivity index (χ0n) is 15.4. The van der Waals surface area contributed by atoms with Gasteiger partial charge in [-0.3, -0.25) is 19.8 Å². The van der Waals surface area contributed by atoms with Crippen LogP contribution in [0.1, 0.15) is 23.3 Å². The van der Waals surface area contributed by atoms with Gasteiger partial charge in [-0.15, -0.1) is 11.3 Å². The molecule has 1 fully saturated rings. The first-order valence-electron chi connectivity index (χ1n) is 9.01. The van der Waals surface area contributed by atoms with Gasteiger partial charge in [0.1, 0.15) is 0 Å². The Morgan fingerprint density at radius 2 is 1.96 bits per heavy atom. The van der Waals surface area contributed by atoms with Crippen LogP contribution < -0.4 is 10.6 Å². The first-order valence-corrected chi connectivity index (χ1v) is 9.83. The van der Waals surface area contributed by atoms with E-state index in [4.69, 9.17) is 0 Å². The number of piperidine rings is 1. The number of nitrogens with one attached hydrogen (secondary N) is 2. The largest absolute Gasteiger partial charge is 0.326 e. The van der Waals surface area contributed by atoms with Crippen molar-refractivity contribution in [3.05, 3.63) is 53.6 Å². The highest BCUT2D eigenvalue weighted by atomic mass is 32.1. The second-order valence-corrected chi connectivity index (χ2v) is 7.85. The number of hydrogen-bond acceptors (Lipinski definition) is 5. The van der Waals surface area contributed by atoms with Gasteiger partial charge in [0.15, 0.2) is 5.13 Å². The van der Waals surface area contributed by atoms with Gasteiger partial charge in [-0.2, -0.15) is 0 Å². The summed E-state index contributed by atoms with van der Waals surface area (Å²) in [5, 5.41) is 6.28. The Hall–Kier alpha value is -2.51. The predicted octanol–water partition coefficient (Wildman–Crippen LogP) is 3.43. The molecule has 0 saturated carbocycles. The Morgan fingerprint density at radius 1 is 1.26 bits per heavy atom. The average Bonchev–Trinajstić information content (AvgIpc) is 3.10. The topological polar surface area (TPSA) is 74.3 Å². The highest BCUT2D eigenvalue weighted by molar-refractivity contribution is 7.15. The van der Waals surface area contributed by atoms with Crippen molar-refractivity contribution in [1.29, 1.82) is 0 Å². The number of rotatable bonds is 6. The Balaban J connectivity index is 1.46. The summed E-state index contributed by atoms with van der Waals surface area (Å²) in [5.41, 5.74) is 2.03. The molecule has 7 heteroatoms. The van der Waals surface area contributed by atoms with Crippen molar-refractivity contribution in [2.75, 3.05) is 23.7 Å². The summed E-state index contributed by atoms with van der Waals surface area (Å²) in [6.07, 6.45) is 4.71. The second kappa shape index (κ2) is 8.92. The first kappa shape index (κ1) is 19.3. The molecular weight excluding hydrogens is 360 g/mol. The van der Waals surface area contributed by atoms with E-state index in [1.165, 1.54) is 23.0 Å². The highest BCUT2D eigenvalue weighted by Crippen LogP contribution is 2.24. The number of anilines is 2. The van der Waals surface area contributed by atoms with Crippen LogP contribution >= 0.6 is 11.3 Å². The molecule has 1 saturated heterocycles. The van der Waals surface area contributed by atoms with Gasteiger partial charge in [0.25, 0.3) is 0 Å². The molecule has 142 valence electrons. The maximum absolute atomic E-state index is 12.5. The Kier molecular flexibility index (Phi) is 6.36. The third-order valence-electron chi connectivity index (χ3n) is 4.63. The number of carbonyl (C=O) groups excluding carboxylic acids is 2. The monoisotopic (exact) mass is 384 g/mol. The Bertz CT molecular complexity index is 808. The van der Waals surface area contributed by atoms with Gasteiger partial charge in [0, 0.05) is 29.2 Å². The number of aryl methyl sites for hydroxylation is 1. The van der Waals surface area contributed by atoms with Crippen LogP contribution in [0.4, 0.5) is 10.8 Å². The van der Waals surface area contributed by atoms with Crippen molar-refractivity contribution in [3.63, 3.8) is 0 Å². The molecule has 0 unspecified atom stereocenters. The first-order chi connectivity index (χ1) is 13.0. The van der Waals surface area contributed by atoms with E-state index in [0.717, 1.165) is 43.0 Å². The quantitative estimate of drug-likeness (QED) is 0.749. The Labute approximate surface area is 163 Å². The highest BCUT2D eigenvalue weighted by Gasteiger charge is 2.25. The summed E-state index contributed by atoms with van der Waals surface area (Å²) in [5.74, 6) is -0.103. The van der Waals surface area contributed by atoms with Crippen molar-refractivity contribution >= 4 is 34.0 Å². The van der Waals surface area contributed by atoms with Crippen molar-refractivity contribution in [3.8, 4) is 0 Å². The summed E-state index contributed by atoms with van der Waals surface area (Å²) in [6.45, 7) is 7.99. The van der Waals surface area contributed by atoms with Gasteiger partial charge in [0.05, 0.1) is 0 Å². The molecule has 1 aliphatic rings. The number of nitrogens with zero attached hydrogens (tertiary/aromatic N) is 2. The lowest BCUT2D eigenvalue weighted by atomic mass is 9.95. The normalized spacial score (nSPS) is 15.3. The minimum Gasteiger partial charge on any atom is -0.326 e. The molecule has 0 radical (unpaired) electrons. The lowest BCUT2D eigenvalue weighted by Gasteiger charge is -2.30. The molecule has 6 nitrogen and oxygen atoms in total. The molecule has 2 aromatic rings. The smallest absolute Gasteiger partial charge is 0.249 e. The van der Waals surface area contributed by atoms with Gasteiger partial charge < -0.3 is 5.32 Å². The fraction of sp³-hybridized carbons (Fsp3) is 0.350.